The predicted octanol–water partition coefficient (Wildman–Crippen LogP) is 3.78. The molecule has 0 bridgehead atoms. The van der Waals surface area contributed by atoms with Gasteiger partial charge in [0.15, 0.2) is 5.65 Å². The third kappa shape index (κ3) is 5.84. The van der Waals surface area contributed by atoms with Crippen LogP contribution in [0, 0.1) is 0 Å². The topological polar surface area (TPSA) is 130 Å². The van der Waals surface area contributed by atoms with Crippen LogP contribution in [-0.4, -0.2) is 49.4 Å². The standard InChI is InChI=1S/C23H30N6O4S/c1-23(2,3)33-22(32)27-18-7-5-4-6-17(18)26-19-8-9-29-20(28-19)16(11-24-29)21(31)25-14-10-15(12-30)34-13-14/h8-11,13,17-18,30H,4-7,12H2,1-3H3,(H,25,31)(H,26,28)(H,27,32)/t17-,18+/m1/s1. The third-order valence-corrected chi connectivity index (χ3v) is 6.40. The Balaban J connectivity index is 1.48. The molecule has 11 heteroatoms. The maximum absolute atomic E-state index is 12.8. The number of aliphatic hydroxyl groups is 1. The molecule has 1 aliphatic carbocycles. The van der Waals surface area contributed by atoms with Gasteiger partial charge in [-0.25, -0.2) is 14.3 Å². The van der Waals surface area contributed by atoms with Gasteiger partial charge in [0.2, 0.25) is 0 Å². The van der Waals surface area contributed by atoms with Crippen molar-refractivity contribution in [1.82, 2.24) is 19.9 Å². The van der Waals surface area contributed by atoms with Gasteiger partial charge in [0.05, 0.1) is 24.5 Å². The molecule has 4 N–H and O–H groups in total. The number of hydrogen-bond acceptors (Lipinski definition) is 8. The van der Waals surface area contributed by atoms with Crippen LogP contribution in [0.3, 0.4) is 0 Å². The van der Waals surface area contributed by atoms with E-state index in [0.29, 0.717) is 22.7 Å². The second-order valence-corrected chi connectivity index (χ2v) is 10.3. The molecule has 3 heterocycles. The fraction of sp³-hybridized carbons (Fsp3) is 0.478. The zero-order chi connectivity index (χ0) is 24.3. The van der Waals surface area contributed by atoms with Crippen LogP contribution in [0.25, 0.3) is 5.65 Å². The summed E-state index contributed by atoms with van der Waals surface area (Å²) in [6.45, 7) is 5.45. The van der Waals surface area contributed by atoms with E-state index in [9.17, 15) is 14.7 Å². The Labute approximate surface area is 201 Å². The van der Waals surface area contributed by atoms with Crippen molar-refractivity contribution >= 4 is 40.5 Å². The Morgan fingerprint density at radius 3 is 2.74 bits per heavy atom. The molecule has 2 amide bonds. The lowest BCUT2D eigenvalue weighted by molar-refractivity contribution is 0.0488. The summed E-state index contributed by atoms with van der Waals surface area (Å²) in [5.74, 6) is 0.270. The van der Waals surface area contributed by atoms with Crippen molar-refractivity contribution in [2.45, 2.75) is 70.7 Å². The number of thiophene rings is 1. The van der Waals surface area contributed by atoms with Crippen molar-refractivity contribution in [3.8, 4) is 0 Å². The summed E-state index contributed by atoms with van der Waals surface area (Å²) in [6, 6.07) is 3.43. The van der Waals surface area contributed by atoms with Crippen LogP contribution in [0.5, 0.6) is 0 Å². The molecule has 4 rings (SSSR count). The number of nitrogens with one attached hydrogen (secondary N) is 3. The highest BCUT2D eigenvalue weighted by Gasteiger charge is 2.29. The van der Waals surface area contributed by atoms with Crippen LogP contribution in [0.2, 0.25) is 0 Å². The van der Waals surface area contributed by atoms with Gasteiger partial charge in [-0.15, -0.1) is 11.3 Å². The van der Waals surface area contributed by atoms with Gasteiger partial charge in [-0.05, 0) is 45.7 Å². The number of aromatic nitrogens is 3. The molecular formula is C23H30N6O4S. The Kier molecular flexibility index (Phi) is 7.03. The van der Waals surface area contributed by atoms with Gasteiger partial charge in [0, 0.05) is 22.5 Å². The largest absolute Gasteiger partial charge is 0.444 e. The highest BCUT2D eigenvalue weighted by atomic mass is 32.1. The van der Waals surface area contributed by atoms with Crippen LogP contribution in [0.15, 0.2) is 29.9 Å². The second-order valence-electron chi connectivity index (χ2n) is 9.34. The first-order chi connectivity index (χ1) is 16.2. The molecule has 0 aliphatic heterocycles. The number of hydrogen-bond donors (Lipinski definition) is 4. The van der Waals surface area contributed by atoms with Crippen molar-refractivity contribution < 1.29 is 19.4 Å². The second kappa shape index (κ2) is 9.98. The van der Waals surface area contributed by atoms with E-state index in [4.69, 9.17) is 4.74 Å². The monoisotopic (exact) mass is 486 g/mol. The minimum absolute atomic E-state index is 0.0147. The Hall–Kier alpha value is -3.18. The first kappa shape index (κ1) is 24.0. The number of alkyl carbamates (subject to hydrolysis) is 1. The van der Waals surface area contributed by atoms with Crippen LogP contribution in [0.1, 0.15) is 61.7 Å². The maximum Gasteiger partial charge on any atom is 0.407 e. The maximum atomic E-state index is 12.8. The van der Waals surface area contributed by atoms with Crippen LogP contribution in [-0.2, 0) is 11.3 Å². The summed E-state index contributed by atoms with van der Waals surface area (Å²) in [5, 5.41) is 24.5. The van der Waals surface area contributed by atoms with Gasteiger partial charge in [-0.1, -0.05) is 12.8 Å². The summed E-state index contributed by atoms with van der Waals surface area (Å²) in [6.07, 6.45) is 6.59. The van der Waals surface area contributed by atoms with Crippen molar-refractivity contribution in [2.75, 3.05) is 10.6 Å². The molecule has 182 valence electrons. The summed E-state index contributed by atoms with van der Waals surface area (Å²) < 4.78 is 6.97. The number of anilines is 2. The number of nitrogens with zero attached hydrogens (tertiary/aromatic N) is 3. The van der Waals surface area contributed by atoms with E-state index in [0.717, 1.165) is 30.6 Å². The number of carbonyl (C=O) groups is 2. The van der Waals surface area contributed by atoms with Gasteiger partial charge in [-0.2, -0.15) is 5.10 Å². The molecule has 34 heavy (non-hydrogen) atoms. The van der Waals surface area contributed by atoms with E-state index in [1.54, 1.807) is 28.2 Å². The molecule has 3 aromatic heterocycles. The summed E-state index contributed by atoms with van der Waals surface area (Å²) in [5.41, 5.74) is 0.821. The number of aliphatic hydroxyl groups excluding tert-OH is 1. The zero-order valence-corrected chi connectivity index (χ0v) is 20.3. The molecular weight excluding hydrogens is 456 g/mol. The van der Waals surface area contributed by atoms with Crippen molar-refractivity contribution in [3.05, 3.63) is 40.3 Å². The summed E-state index contributed by atoms with van der Waals surface area (Å²) >= 11 is 1.37. The van der Waals surface area contributed by atoms with E-state index < -0.39 is 11.7 Å². The predicted molar refractivity (Wildman–Crippen MR) is 130 cm³/mol. The highest BCUT2D eigenvalue weighted by molar-refractivity contribution is 7.10. The molecule has 0 saturated heterocycles. The summed E-state index contributed by atoms with van der Waals surface area (Å²) in [7, 11) is 0. The van der Waals surface area contributed by atoms with Gasteiger partial charge >= 0.3 is 6.09 Å². The average molecular weight is 487 g/mol. The van der Waals surface area contributed by atoms with Crippen molar-refractivity contribution in [2.24, 2.45) is 0 Å². The van der Waals surface area contributed by atoms with E-state index in [2.05, 4.69) is 26.0 Å². The quantitative estimate of drug-likeness (QED) is 0.417. The zero-order valence-electron chi connectivity index (χ0n) is 19.5. The number of rotatable bonds is 6. The smallest absolute Gasteiger partial charge is 0.407 e. The molecule has 1 saturated carbocycles. The van der Waals surface area contributed by atoms with Gasteiger partial charge < -0.3 is 25.8 Å². The molecule has 0 unspecified atom stereocenters. The van der Waals surface area contributed by atoms with Gasteiger partial charge in [0.25, 0.3) is 5.91 Å². The average Bonchev–Trinajstić information content (AvgIpc) is 3.40. The van der Waals surface area contributed by atoms with Crippen LogP contribution in [0.4, 0.5) is 16.3 Å². The number of ether oxygens (including phenoxy) is 1. The van der Waals surface area contributed by atoms with E-state index >= 15 is 0 Å². The normalized spacial score (nSPS) is 18.5. The fourth-order valence-corrected chi connectivity index (χ4v) is 4.64. The third-order valence-electron chi connectivity index (χ3n) is 5.48. The summed E-state index contributed by atoms with van der Waals surface area (Å²) in [4.78, 5) is 30.5. The minimum atomic E-state index is -0.560. The molecule has 3 aromatic rings. The van der Waals surface area contributed by atoms with Crippen LogP contribution >= 0.6 is 11.3 Å². The SMILES string of the molecule is CC(C)(C)OC(=O)N[C@H]1CCCC[C@H]1Nc1ccn2ncc(C(=O)Nc3csc(CO)c3)c2n1. The molecule has 0 spiro atoms. The molecule has 0 radical (unpaired) electrons. The molecule has 10 nitrogen and oxygen atoms in total. The van der Waals surface area contributed by atoms with Crippen molar-refractivity contribution in [1.29, 1.82) is 0 Å². The number of fused-ring (bicyclic) bond motifs is 1. The van der Waals surface area contributed by atoms with Gasteiger partial charge in [-0.3, -0.25) is 4.79 Å². The molecule has 1 aliphatic rings. The van der Waals surface area contributed by atoms with E-state index in [1.807, 2.05) is 20.8 Å². The number of amides is 2. The lowest BCUT2D eigenvalue weighted by Gasteiger charge is -2.33. The lowest BCUT2D eigenvalue weighted by atomic mass is 9.90. The van der Waals surface area contributed by atoms with E-state index in [-0.39, 0.29) is 24.6 Å². The Morgan fingerprint density at radius 1 is 1.26 bits per heavy atom. The molecule has 0 aromatic carbocycles. The van der Waals surface area contributed by atoms with E-state index in [1.165, 1.54) is 17.5 Å². The molecule has 1 fully saturated rings. The Bertz CT molecular complexity index is 1170. The van der Waals surface area contributed by atoms with Crippen molar-refractivity contribution in [3.63, 3.8) is 0 Å². The molecule has 2 atom stereocenters. The van der Waals surface area contributed by atoms with Crippen LogP contribution < -0.4 is 16.0 Å². The fourth-order valence-electron chi connectivity index (χ4n) is 3.96. The van der Waals surface area contributed by atoms with Gasteiger partial charge in [0.1, 0.15) is 17.0 Å². The highest BCUT2D eigenvalue weighted by Crippen LogP contribution is 2.24. The first-order valence-electron chi connectivity index (χ1n) is 11.3. The minimum Gasteiger partial charge on any atom is -0.444 e. The Morgan fingerprint density at radius 2 is 2.03 bits per heavy atom. The first-order valence-corrected chi connectivity index (χ1v) is 12.2. The number of carbonyl (C=O) groups excluding carboxylic acids is 2. The lowest BCUT2D eigenvalue weighted by Crippen LogP contribution is -2.49.